The Morgan fingerprint density at radius 2 is 1.57 bits per heavy atom. The molecule has 2 saturated heterocycles. The van der Waals surface area contributed by atoms with E-state index in [0.717, 1.165) is 22.2 Å². The second kappa shape index (κ2) is 20.9. The van der Waals surface area contributed by atoms with Crippen LogP contribution >= 0.6 is 11.3 Å². The minimum absolute atomic E-state index is 0.0199. The Balaban J connectivity index is 1.17. The zero-order valence-electron chi connectivity index (χ0n) is 41.1. The number of ether oxygens (including phenoxy) is 4. The number of aryl methyl sites for hydroxylation is 1. The third-order valence-corrected chi connectivity index (χ3v) is 12.2. The third kappa shape index (κ3) is 13.0. The molecule has 0 saturated carbocycles. The van der Waals surface area contributed by atoms with E-state index in [1.807, 2.05) is 61.6 Å². The maximum atomic E-state index is 14.5. The van der Waals surface area contributed by atoms with Crippen molar-refractivity contribution in [3.05, 3.63) is 107 Å². The van der Waals surface area contributed by atoms with Crippen molar-refractivity contribution in [2.45, 2.75) is 96.9 Å². The molecule has 0 radical (unpaired) electrons. The van der Waals surface area contributed by atoms with Crippen LogP contribution in [0, 0.1) is 5.92 Å². The lowest BCUT2D eigenvalue weighted by Crippen LogP contribution is -2.76. The van der Waals surface area contributed by atoms with Gasteiger partial charge in [-0.05, 0) is 78.6 Å². The zero-order valence-corrected chi connectivity index (χ0v) is 42.7. The van der Waals surface area contributed by atoms with Crippen LogP contribution in [0.2, 0.25) is 0 Å². The number of amides is 4. The topological polar surface area (TPSA) is 260 Å². The van der Waals surface area contributed by atoms with E-state index in [1.54, 1.807) is 86.3 Å². The quantitative estimate of drug-likeness (QED) is 0.0198. The highest BCUT2D eigenvalue weighted by Crippen LogP contribution is 2.33. The first-order chi connectivity index (χ1) is 33.7. The number of carbonyl (C=O) groups excluding carboxylic acids is 5. The SMILES string of the molecule is C[n+]1c2ccc(OC[C@@H](O/N=C(\C(=O)N[C@@H]3C(=O)N(OS(=O)(=O)O)C3(C)C)c3csc(NC(=O)OC(C)(C)C)n3)C(=O)OC(c3ccccc3)c3ccccc3)cc2cn1CC1CN(C(=O)OC(C)(C)C)C1. The summed E-state index contributed by atoms with van der Waals surface area (Å²) >= 11 is 0.891. The van der Waals surface area contributed by atoms with Crippen LogP contribution in [-0.4, -0.2) is 117 Å². The van der Waals surface area contributed by atoms with Gasteiger partial charge in [-0.2, -0.15) is 18.2 Å². The van der Waals surface area contributed by atoms with Gasteiger partial charge in [0.05, 0.1) is 23.7 Å². The number of likely N-dealkylation sites (tertiary alicyclic amines) is 1. The number of rotatable bonds is 17. The predicted octanol–water partition coefficient (Wildman–Crippen LogP) is 5.48. The van der Waals surface area contributed by atoms with E-state index in [4.69, 9.17) is 23.8 Å². The summed E-state index contributed by atoms with van der Waals surface area (Å²) in [6.45, 7) is 14.4. The summed E-state index contributed by atoms with van der Waals surface area (Å²) in [6, 6.07) is 21.9. The Hall–Kier alpha value is -7.15. The molecule has 4 heterocycles. The van der Waals surface area contributed by atoms with E-state index >= 15 is 0 Å². The van der Waals surface area contributed by atoms with Gasteiger partial charge in [-0.3, -0.25) is 19.5 Å². The van der Waals surface area contributed by atoms with E-state index in [9.17, 15) is 36.9 Å². The molecule has 22 nitrogen and oxygen atoms in total. The summed E-state index contributed by atoms with van der Waals surface area (Å²) in [4.78, 5) is 78.9. The molecule has 7 rings (SSSR count). The number of esters is 1. The number of β-lactam (4-membered cyclic amide) rings is 1. The lowest BCUT2D eigenvalue weighted by Gasteiger charge is -2.50. The normalized spacial score (nSPS) is 16.6. The number of nitrogens with one attached hydrogen (secondary N) is 2. The van der Waals surface area contributed by atoms with Crippen molar-refractivity contribution in [3.8, 4) is 5.75 Å². The maximum absolute atomic E-state index is 14.5. The molecule has 3 aromatic carbocycles. The average Bonchev–Trinajstić information content (AvgIpc) is 3.87. The monoisotopic (exact) mass is 1030 g/mol. The fourth-order valence-corrected chi connectivity index (χ4v) is 8.80. The highest BCUT2D eigenvalue weighted by atomic mass is 32.3. The second-order valence-electron chi connectivity index (χ2n) is 19.6. The number of fused-ring (bicyclic) bond motifs is 1. The molecule has 2 aliphatic heterocycles. The van der Waals surface area contributed by atoms with Gasteiger partial charge in [0.1, 0.15) is 35.3 Å². The Morgan fingerprint density at radius 1 is 0.944 bits per heavy atom. The molecule has 72 heavy (non-hydrogen) atoms. The Morgan fingerprint density at radius 3 is 2.15 bits per heavy atom. The molecular formula is C48H57N8O14S2+. The molecule has 0 bridgehead atoms. The van der Waals surface area contributed by atoms with Crippen molar-refractivity contribution >= 4 is 73.5 Å². The van der Waals surface area contributed by atoms with Gasteiger partial charge < -0.3 is 34.0 Å². The van der Waals surface area contributed by atoms with Crippen LogP contribution in [-0.2, 0) is 61.7 Å². The van der Waals surface area contributed by atoms with Crippen LogP contribution < -0.4 is 20.1 Å². The third-order valence-electron chi connectivity index (χ3n) is 11.1. The van der Waals surface area contributed by atoms with E-state index in [-0.39, 0.29) is 22.8 Å². The van der Waals surface area contributed by atoms with E-state index in [1.165, 1.54) is 19.2 Å². The highest BCUT2D eigenvalue weighted by molar-refractivity contribution is 7.80. The molecular weight excluding hydrogens is 977 g/mol. The summed E-state index contributed by atoms with van der Waals surface area (Å²) in [7, 11) is -3.20. The van der Waals surface area contributed by atoms with Crippen molar-refractivity contribution in [1.29, 1.82) is 0 Å². The number of carbonyl (C=O) groups is 5. The Kier molecular flexibility index (Phi) is 15.3. The second-order valence-corrected chi connectivity index (χ2v) is 21.5. The van der Waals surface area contributed by atoms with Gasteiger partial charge in [-0.1, -0.05) is 65.8 Å². The number of nitrogens with zero attached hydrogens (tertiary/aromatic N) is 6. The van der Waals surface area contributed by atoms with Crippen LogP contribution in [0.5, 0.6) is 5.75 Å². The van der Waals surface area contributed by atoms with E-state index < -0.39 is 81.6 Å². The summed E-state index contributed by atoms with van der Waals surface area (Å²) in [5.41, 5.74) is -1.60. The first-order valence-corrected chi connectivity index (χ1v) is 24.9. The smallest absolute Gasteiger partial charge is 0.418 e. The lowest BCUT2D eigenvalue weighted by atomic mass is 9.84. The van der Waals surface area contributed by atoms with Gasteiger partial charge in [0.25, 0.3) is 17.9 Å². The number of oxime groups is 1. The summed E-state index contributed by atoms with van der Waals surface area (Å²) in [5, 5.41) is 11.6. The van der Waals surface area contributed by atoms with Crippen LogP contribution in [0.1, 0.15) is 78.3 Å². The summed E-state index contributed by atoms with van der Waals surface area (Å²) in [5.74, 6) is -2.53. The molecule has 2 atom stereocenters. The fraction of sp³-hybridized carbons (Fsp3) is 0.417. The number of aromatic nitrogens is 3. The molecule has 4 amide bonds. The number of thiazole rings is 1. The number of hydrogen-bond donors (Lipinski definition) is 3. The highest BCUT2D eigenvalue weighted by Gasteiger charge is 2.58. The Bertz CT molecular complexity index is 2920. The molecule has 2 fully saturated rings. The average molecular weight is 1030 g/mol. The van der Waals surface area contributed by atoms with Crippen molar-refractivity contribution in [3.63, 3.8) is 0 Å². The van der Waals surface area contributed by atoms with Crippen molar-refractivity contribution in [1.82, 2.24) is 24.9 Å². The van der Waals surface area contributed by atoms with Crippen LogP contribution in [0.15, 0.2) is 95.6 Å². The molecule has 5 aromatic rings. The molecule has 0 aliphatic carbocycles. The molecule has 0 unspecified atom stereocenters. The standard InChI is InChI=1S/C48H56N8O14S2/c1-46(2,3)67-44(60)51-43-49-34(28-71-43)37(40(57)50-39-41(58)56(48(39,7)8)70-72(62,63)64)52-69-36(42(59)66-38(30-16-12-10-13-17-30)31-18-14-11-15-19-31)27-65-33-20-21-35-32(22-33)26-55(53(35)9)25-29-23-54(24-29)45(61)68-47(4,5)6/h10-22,26,28-29,36,38-39H,23-25,27H2,1-9H3,(H2-,49,50,51,57,60,62,63,64)/p+1/b52-37-/t36-,39-/m1/s1. The minimum Gasteiger partial charge on any atom is -0.489 e. The molecule has 384 valence electrons. The maximum Gasteiger partial charge on any atom is 0.418 e. The van der Waals surface area contributed by atoms with Gasteiger partial charge in [-0.15, -0.1) is 20.3 Å². The van der Waals surface area contributed by atoms with Crippen molar-refractivity contribution in [2.75, 3.05) is 25.0 Å². The fourth-order valence-electron chi connectivity index (χ4n) is 7.67. The van der Waals surface area contributed by atoms with Gasteiger partial charge in [-0.25, -0.2) is 19.4 Å². The number of benzene rings is 3. The van der Waals surface area contributed by atoms with Crippen LogP contribution in [0.3, 0.4) is 0 Å². The molecule has 2 aromatic heterocycles. The number of hydroxylamine groups is 2. The lowest BCUT2D eigenvalue weighted by molar-refractivity contribution is -0.731. The van der Waals surface area contributed by atoms with Gasteiger partial charge in [0, 0.05) is 30.5 Å². The summed E-state index contributed by atoms with van der Waals surface area (Å²) in [6.07, 6.45) is -1.85. The van der Waals surface area contributed by atoms with Gasteiger partial charge in [0.15, 0.2) is 24.0 Å². The molecule has 2 aliphatic rings. The predicted molar refractivity (Wildman–Crippen MR) is 260 cm³/mol. The van der Waals surface area contributed by atoms with E-state index in [0.29, 0.717) is 41.6 Å². The molecule has 24 heteroatoms. The van der Waals surface area contributed by atoms with Crippen molar-refractivity contribution in [2.24, 2.45) is 18.1 Å². The van der Waals surface area contributed by atoms with Crippen LogP contribution in [0.25, 0.3) is 10.9 Å². The molecule has 0 spiro atoms. The Labute approximate surface area is 419 Å². The van der Waals surface area contributed by atoms with Gasteiger partial charge >= 0.3 is 28.6 Å². The van der Waals surface area contributed by atoms with Gasteiger partial charge in [0.2, 0.25) is 5.52 Å². The first-order valence-electron chi connectivity index (χ1n) is 22.7. The zero-order chi connectivity index (χ0) is 52.3. The number of hydrogen-bond acceptors (Lipinski definition) is 16. The van der Waals surface area contributed by atoms with E-state index in [2.05, 4.69) is 25.1 Å². The first kappa shape index (κ1) is 52.7. The van der Waals surface area contributed by atoms with Crippen LogP contribution in [0.4, 0.5) is 14.7 Å². The summed E-state index contributed by atoms with van der Waals surface area (Å²) < 4.78 is 64.0. The van der Waals surface area contributed by atoms with Crippen molar-refractivity contribution < 1.29 is 69.7 Å². The largest absolute Gasteiger partial charge is 0.489 e. The number of anilines is 1. The molecule has 3 N–H and O–H groups in total. The minimum atomic E-state index is -5.12.